The summed E-state index contributed by atoms with van der Waals surface area (Å²) in [6, 6.07) is 4.78. The lowest BCUT2D eigenvalue weighted by atomic mass is 10.0. The summed E-state index contributed by atoms with van der Waals surface area (Å²) in [6.45, 7) is -0.128. The van der Waals surface area contributed by atoms with E-state index in [2.05, 4.69) is 15.2 Å². The second kappa shape index (κ2) is 8.16. The van der Waals surface area contributed by atoms with E-state index < -0.39 is 29.5 Å². The van der Waals surface area contributed by atoms with Gasteiger partial charge in [-0.15, -0.1) is 0 Å². The normalized spacial score (nSPS) is 15.2. The van der Waals surface area contributed by atoms with Gasteiger partial charge in [-0.05, 0) is 18.2 Å². The van der Waals surface area contributed by atoms with Crippen LogP contribution >= 0.6 is 0 Å². The summed E-state index contributed by atoms with van der Waals surface area (Å²) in [5, 5.41) is 9.33. The minimum atomic E-state index is -4.56. The molecule has 38 heavy (non-hydrogen) atoms. The third-order valence-electron chi connectivity index (χ3n) is 6.62. The van der Waals surface area contributed by atoms with Gasteiger partial charge in [-0.3, -0.25) is 19.1 Å². The van der Waals surface area contributed by atoms with E-state index >= 15 is 4.39 Å². The molecule has 0 bridgehead atoms. The Hall–Kier alpha value is -4.68. The van der Waals surface area contributed by atoms with E-state index in [0.29, 0.717) is 27.5 Å². The van der Waals surface area contributed by atoms with Crippen molar-refractivity contribution in [1.82, 2.24) is 24.5 Å². The molecular formula is C25H19F4N7O2. The number of anilines is 2. The maximum Gasteiger partial charge on any atom is 0.416 e. The SMILES string of the molecule is Cn1cc(N(C(=O)c2cc3c(cc2F)nc(N)c2cnn(C)c23)[C@@H]2COc3cc(C(F)(F)F)ccc32)cn1. The maximum absolute atomic E-state index is 15.4. The Morgan fingerprint density at radius 2 is 1.92 bits per heavy atom. The van der Waals surface area contributed by atoms with Crippen molar-refractivity contribution in [3.63, 3.8) is 0 Å². The molecule has 3 aromatic heterocycles. The second-order valence-corrected chi connectivity index (χ2v) is 9.00. The Bertz CT molecular complexity index is 1760. The van der Waals surface area contributed by atoms with Gasteiger partial charge < -0.3 is 10.5 Å². The van der Waals surface area contributed by atoms with E-state index in [-0.39, 0.29) is 29.3 Å². The number of carbonyl (C=O) groups excluding carboxylic acids is 1. The molecule has 2 aromatic carbocycles. The number of nitrogens with two attached hydrogens (primary N) is 1. The number of aromatic nitrogens is 5. The van der Waals surface area contributed by atoms with Crippen LogP contribution in [0.3, 0.4) is 0 Å². The van der Waals surface area contributed by atoms with Crippen LogP contribution in [0, 0.1) is 5.82 Å². The predicted octanol–water partition coefficient (Wildman–Crippen LogP) is 4.38. The van der Waals surface area contributed by atoms with Gasteiger partial charge in [0.1, 0.15) is 24.0 Å². The first kappa shape index (κ1) is 23.7. The van der Waals surface area contributed by atoms with E-state index in [9.17, 15) is 18.0 Å². The largest absolute Gasteiger partial charge is 0.491 e. The van der Waals surface area contributed by atoms with Crippen LogP contribution in [-0.2, 0) is 20.3 Å². The van der Waals surface area contributed by atoms with Crippen LogP contribution in [0.25, 0.3) is 21.8 Å². The summed E-state index contributed by atoms with van der Waals surface area (Å²) in [5.41, 5.74) is 6.38. The standard InChI is InChI=1S/C25H19F4N7O2/c1-34-10-13(8-31-34)36(20-11-38-21-5-12(25(27,28)29)3-4-14(20)21)24(37)15-6-16-19(7-18(15)26)33-23(30)17-9-32-35(2)22(16)17/h3-10,20H,11H2,1-2H3,(H2,30,33)/t20-/m1/s1. The monoisotopic (exact) mass is 525 g/mol. The van der Waals surface area contributed by atoms with E-state index in [0.717, 1.165) is 18.2 Å². The van der Waals surface area contributed by atoms with Crippen molar-refractivity contribution >= 4 is 39.2 Å². The van der Waals surface area contributed by atoms with Crippen molar-refractivity contribution in [3.8, 4) is 5.75 Å². The van der Waals surface area contributed by atoms with Gasteiger partial charge in [-0.1, -0.05) is 6.07 Å². The van der Waals surface area contributed by atoms with E-state index in [4.69, 9.17) is 10.5 Å². The number of pyridine rings is 1. The summed E-state index contributed by atoms with van der Waals surface area (Å²) in [4.78, 5) is 19.5. The van der Waals surface area contributed by atoms with Crippen LogP contribution in [0.1, 0.15) is 27.5 Å². The molecular weight excluding hydrogens is 506 g/mol. The van der Waals surface area contributed by atoms with E-state index in [1.807, 2.05) is 0 Å². The Balaban J connectivity index is 1.50. The number of nitrogen functional groups attached to an aromatic ring is 1. The molecule has 0 fully saturated rings. The molecule has 0 radical (unpaired) electrons. The average Bonchev–Trinajstić information content (AvgIpc) is 3.58. The Labute approximate surface area is 212 Å². The van der Waals surface area contributed by atoms with Gasteiger partial charge in [0.2, 0.25) is 0 Å². The smallest absolute Gasteiger partial charge is 0.416 e. The van der Waals surface area contributed by atoms with Crippen LogP contribution in [0.4, 0.5) is 29.1 Å². The number of rotatable bonds is 3. The molecule has 5 aromatic rings. The fourth-order valence-corrected chi connectivity index (χ4v) is 4.83. The highest BCUT2D eigenvalue weighted by Crippen LogP contribution is 2.42. The molecule has 1 atom stereocenters. The van der Waals surface area contributed by atoms with Gasteiger partial charge in [0.15, 0.2) is 0 Å². The lowest BCUT2D eigenvalue weighted by Crippen LogP contribution is -2.36. The van der Waals surface area contributed by atoms with Gasteiger partial charge >= 0.3 is 6.18 Å². The highest BCUT2D eigenvalue weighted by molar-refractivity contribution is 6.13. The fraction of sp³-hybridized carbons (Fsp3) is 0.200. The van der Waals surface area contributed by atoms with Crippen LogP contribution in [0.2, 0.25) is 0 Å². The molecule has 6 rings (SSSR count). The van der Waals surface area contributed by atoms with Crippen molar-refractivity contribution in [3.05, 3.63) is 71.4 Å². The Morgan fingerprint density at radius 3 is 2.63 bits per heavy atom. The summed E-state index contributed by atoms with van der Waals surface area (Å²) < 4.78 is 63.8. The number of fused-ring (bicyclic) bond motifs is 4. The van der Waals surface area contributed by atoms with Crippen molar-refractivity contribution < 1.29 is 27.1 Å². The molecule has 13 heteroatoms. The zero-order valence-corrected chi connectivity index (χ0v) is 20.0. The van der Waals surface area contributed by atoms with Gasteiger partial charge in [-0.25, -0.2) is 9.37 Å². The number of carbonyl (C=O) groups is 1. The minimum Gasteiger partial charge on any atom is -0.491 e. The first-order valence-electron chi connectivity index (χ1n) is 11.4. The number of halogens is 4. The topological polar surface area (TPSA) is 104 Å². The lowest BCUT2D eigenvalue weighted by Gasteiger charge is -2.27. The van der Waals surface area contributed by atoms with Crippen LogP contribution in [0.15, 0.2) is 48.9 Å². The molecule has 0 saturated carbocycles. The molecule has 0 spiro atoms. The lowest BCUT2D eigenvalue weighted by molar-refractivity contribution is -0.137. The molecule has 0 unspecified atom stereocenters. The zero-order chi connectivity index (χ0) is 26.9. The summed E-state index contributed by atoms with van der Waals surface area (Å²) >= 11 is 0. The summed E-state index contributed by atoms with van der Waals surface area (Å²) in [7, 11) is 3.34. The number of nitrogens with zero attached hydrogens (tertiary/aromatic N) is 6. The fourth-order valence-electron chi connectivity index (χ4n) is 4.83. The molecule has 9 nitrogen and oxygen atoms in total. The molecule has 1 aliphatic heterocycles. The maximum atomic E-state index is 15.4. The van der Waals surface area contributed by atoms with E-state index in [1.165, 1.54) is 34.1 Å². The van der Waals surface area contributed by atoms with Crippen molar-refractivity contribution in [2.75, 3.05) is 17.2 Å². The van der Waals surface area contributed by atoms with Crippen molar-refractivity contribution in [2.24, 2.45) is 14.1 Å². The third kappa shape index (κ3) is 3.61. The number of alkyl halides is 3. The Morgan fingerprint density at radius 1 is 1.13 bits per heavy atom. The number of hydrogen-bond donors (Lipinski definition) is 1. The minimum absolute atomic E-state index is 0.00164. The van der Waals surface area contributed by atoms with Crippen molar-refractivity contribution in [1.29, 1.82) is 0 Å². The average molecular weight is 525 g/mol. The van der Waals surface area contributed by atoms with Gasteiger partial charge in [0, 0.05) is 37.3 Å². The number of ether oxygens (including phenoxy) is 1. The predicted molar refractivity (Wildman–Crippen MR) is 130 cm³/mol. The van der Waals surface area contributed by atoms with Gasteiger partial charge in [0.25, 0.3) is 5.91 Å². The molecule has 194 valence electrons. The van der Waals surface area contributed by atoms with Crippen molar-refractivity contribution in [2.45, 2.75) is 12.2 Å². The first-order chi connectivity index (χ1) is 18.0. The Kier molecular flexibility index (Phi) is 5.09. The molecule has 4 heterocycles. The second-order valence-electron chi connectivity index (χ2n) is 9.00. The van der Waals surface area contributed by atoms with Gasteiger partial charge in [-0.2, -0.15) is 23.4 Å². The molecule has 2 N–H and O–H groups in total. The van der Waals surface area contributed by atoms with Crippen LogP contribution in [-0.4, -0.2) is 37.1 Å². The number of benzene rings is 2. The van der Waals surface area contributed by atoms with Crippen LogP contribution in [0.5, 0.6) is 5.75 Å². The molecule has 0 saturated heterocycles. The van der Waals surface area contributed by atoms with Crippen LogP contribution < -0.4 is 15.4 Å². The van der Waals surface area contributed by atoms with Gasteiger partial charge in [0.05, 0.1) is 51.7 Å². The third-order valence-corrected chi connectivity index (χ3v) is 6.62. The highest BCUT2D eigenvalue weighted by atomic mass is 19.4. The zero-order valence-electron chi connectivity index (χ0n) is 20.0. The number of hydrogen-bond acceptors (Lipinski definition) is 6. The summed E-state index contributed by atoms with van der Waals surface area (Å²) in [6.07, 6.45) is -0.0506. The first-order valence-corrected chi connectivity index (χ1v) is 11.4. The summed E-state index contributed by atoms with van der Waals surface area (Å²) in [5.74, 6) is -1.39. The number of aryl methyl sites for hydroxylation is 2. The molecule has 1 aliphatic rings. The highest BCUT2D eigenvalue weighted by Gasteiger charge is 2.38. The molecule has 0 aliphatic carbocycles. The number of amides is 1. The van der Waals surface area contributed by atoms with E-state index in [1.54, 1.807) is 25.0 Å². The molecule has 1 amide bonds. The quantitative estimate of drug-likeness (QED) is 0.351.